The third-order valence-corrected chi connectivity index (χ3v) is 1.60. The summed E-state index contributed by atoms with van der Waals surface area (Å²) in [6.45, 7) is 1.99. The smallest absolute Gasteiger partial charge is 0.357 e. The van der Waals surface area contributed by atoms with Gasteiger partial charge in [-0.05, 0) is 6.92 Å². The first-order valence-corrected chi connectivity index (χ1v) is 3.91. The second-order valence-corrected chi connectivity index (χ2v) is 2.54. The number of thiazole rings is 1. The number of carbonyl (C=O) groups excluding carboxylic acids is 1. The third-order valence-electron chi connectivity index (χ3n) is 0.968. The average molecular weight is 172 g/mol. The van der Waals surface area contributed by atoms with Gasteiger partial charge in [-0.3, -0.25) is 5.11 Å². The zero-order valence-corrected chi connectivity index (χ0v) is 6.68. The van der Waals surface area contributed by atoms with Gasteiger partial charge in [-0.25, -0.2) is 4.79 Å². The number of carbonyl (C=O) groups is 1. The van der Waals surface area contributed by atoms with Gasteiger partial charge in [-0.1, -0.05) is 11.3 Å². The van der Waals surface area contributed by atoms with Gasteiger partial charge in [-0.2, -0.15) is 4.98 Å². The Hall–Kier alpha value is -1.10. The van der Waals surface area contributed by atoms with Crippen molar-refractivity contribution in [3.63, 3.8) is 0 Å². The van der Waals surface area contributed by atoms with Crippen molar-refractivity contribution in [2.45, 2.75) is 6.92 Å². The minimum Gasteiger partial charge on any atom is -0.461 e. The van der Waals surface area contributed by atoms with Crippen LogP contribution >= 0.6 is 11.3 Å². The Labute approximate surface area is 67.5 Å². The molecule has 0 amide bonds. The van der Waals surface area contributed by atoms with E-state index in [-0.39, 0.29) is 10.9 Å². The first-order valence-electron chi connectivity index (χ1n) is 3.03. The van der Waals surface area contributed by atoms with Gasteiger partial charge >= 0.3 is 11.2 Å². The molecule has 0 unspecified atom stereocenters. The molecule has 0 fully saturated rings. The molecule has 1 heterocycles. The Morgan fingerprint density at radius 2 is 2.55 bits per heavy atom. The molecule has 1 aromatic rings. The second-order valence-electron chi connectivity index (χ2n) is 1.72. The number of nitrogens with zero attached hydrogens (tertiary/aromatic N) is 1. The number of rotatable bonds is 2. The molecule has 0 N–H and O–H groups in total. The summed E-state index contributed by atoms with van der Waals surface area (Å²) in [5.74, 6) is -0.536. The summed E-state index contributed by atoms with van der Waals surface area (Å²) in [7, 11) is 0. The Bertz CT molecular complexity index is 258. The summed E-state index contributed by atoms with van der Waals surface area (Å²) < 4.78 is 4.61. The van der Waals surface area contributed by atoms with Gasteiger partial charge in [0.2, 0.25) is 0 Å². The van der Waals surface area contributed by atoms with Crippen LogP contribution in [0.3, 0.4) is 0 Å². The van der Waals surface area contributed by atoms with Gasteiger partial charge in [0.05, 0.1) is 6.61 Å². The highest BCUT2D eigenvalue weighted by molar-refractivity contribution is 7.11. The molecular formula is C6H6NO3S. The number of aromatic nitrogens is 1. The van der Waals surface area contributed by atoms with Crippen molar-refractivity contribution in [2.75, 3.05) is 6.61 Å². The summed E-state index contributed by atoms with van der Waals surface area (Å²) in [4.78, 5) is 14.3. The number of esters is 1. The van der Waals surface area contributed by atoms with Gasteiger partial charge in [0, 0.05) is 5.38 Å². The monoisotopic (exact) mass is 172 g/mol. The molecule has 1 radical (unpaired) electrons. The zero-order valence-electron chi connectivity index (χ0n) is 5.86. The predicted molar refractivity (Wildman–Crippen MR) is 38.2 cm³/mol. The fourth-order valence-electron chi connectivity index (χ4n) is 0.556. The third kappa shape index (κ3) is 1.91. The average Bonchev–Trinajstić information content (AvgIpc) is 2.36. The van der Waals surface area contributed by atoms with Crippen molar-refractivity contribution in [1.82, 2.24) is 4.98 Å². The van der Waals surface area contributed by atoms with Gasteiger partial charge < -0.3 is 4.74 Å². The van der Waals surface area contributed by atoms with Crippen LogP contribution in [0.4, 0.5) is 0 Å². The molecule has 59 valence electrons. The molecule has 4 nitrogen and oxygen atoms in total. The zero-order chi connectivity index (χ0) is 8.27. The van der Waals surface area contributed by atoms with Crippen molar-refractivity contribution >= 4 is 17.3 Å². The van der Waals surface area contributed by atoms with Gasteiger partial charge in [-0.15, -0.1) is 0 Å². The fraction of sp³-hybridized carbons (Fsp3) is 0.333. The molecule has 1 aromatic heterocycles. The molecule has 0 aliphatic carbocycles. The van der Waals surface area contributed by atoms with Crippen molar-refractivity contribution in [1.29, 1.82) is 0 Å². The maximum Gasteiger partial charge on any atom is 0.357 e. The highest BCUT2D eigenvalue weighted by Gasteiger charge is 2.10. The van der Waals surface area contributed by atoms with Crippen LogP contribution in [0.25, 0.3) is 0 Å². The van der Waals surface area contributed by atoms with Crippen LogP contribution in [0.15, 0.2) is 5.38 Å². The van der Waals surface area contributed by atoms with Gasteiger partial charge in [0.1, 0.15) is 0 Å². The second kappa shape index (κ2) is 3.34. The lowest BCUT2D eigenvalue weighted by Gasteiger charge is -1.94. The van der Waals surface area contributed by atoms with Crippen molar-refractivity contribution < 1.29 is 14.6 Å². The van der Waals surface area contributed by atoms with Crippen LogP contribution < -0.4 is 0 Å². The number of hydrogen-bond acceptors (Lipinski definition) is 4. The van der Waals surface area contributed by atoms with E-state index in [2.05, 4.69) is 9.72 Å². The fourth-order valence-corrected chi connectivity index (χ4v) is 1.07. The minimum atomic E-state index is -0.536. The molecule has 0 saturated carbocycles. The molecule has 11 heavy (non-hydrogen) atoms. The molecular weight excluding hydrogens is 166 g/mol. The van der Waals surface area contributed by atoms with E-state index in [1.165, 1.54) is 5.38 Å². The maximum absolute atomic E-state index is 10.8. The highest BCUT2D eigenvalue weighted by atomic mass is 32.1. The minimum absolute atomic E-state index is 0.0989. The van der Waals surface area contributed by atoms with Crippen LogP contribution in [-0.4, -0.2) is 17.6 Å². The van der Waals surface area contributed by atoms with Gasteiger partial charge in [0.15, 0.2) is 5.69 Å². The standard InChI is InChI=1S/C6H6NO3S/c1-2-10-5(8)4-3-11-6(9)7-4/h3H,2H2,1H3. The molecule has 0 bridgehead atoms. The van der Waals surface area contributed by atoms with Crippen molar-refractivity contribution in [2.24, 2.45) is 0 Å². The predicted octanol–water partition coefficient (Wildman–Crippen LogP) is 1.46. The van der Waals surface area contributed by atoms with E-state index in [0.717, 1.165) is 11.3 Å². The molecule has 0 aliphatic rings. The van der Waals surface area contributed by atoms with E-state index in [1.807, 2.05) is 0 Å². The topological polar surface area (TPSA) is 59.1 Å². The van der Waals surface area contributed by atoms with Crippen LogP contribution in [-0.2, 0) is 9.84 Å². The van der Waals surface area contributed by atoms with Crippen LogP contribution in [0.1, 0.15) is 17.4 Å². The van der Waals surface area contributed by atoms with E-state index in [0.29, 0.717) is 6.61 Å². The van der Waals surface area contributed by atoms with Crippen LogP contribution in [0.5, 0.6) is 5.19 Å². The molecule has 0 spiro atoms. The highest BCUT2D eigenvalue weighted by Crippen LogP contribution is 2.16. The summed E-state index contributed by atoms with van der Waals surface area (Å²) in [6.07, 6.45) is 0. The van der Waals surface area contributed by atoms with Crippen molar-refractivity contribution in [3.05, 3.63) is 11.1 Å². The molecule has 1 rings (SSSR count). The first-order chi connectivity index (χ1) is 5.24. The SMILES string of the molecule is CCOC(=O)c1csc([O])n1. The normalized spacial score (nSPS) is 9.55. The first kappa shape index (κ1) is 8.00. The van der Waals surface area contributed by atoms with E-state index in [1.54, 1.807) is 6.92 Å². The molecule has 0 atom stereocenters. The van der Waals surface area contributed by atoms with E-state index >= 15 is 0 Å². The van der Waals surface area contributed by atoms with E-state index in [9.17, 15) is 9.90 Å². The Morgan fingerprint density at radius 1 is 1.82 bits per heavy atom. The quantitative estimate of drug-likeness (QED) is 0.634. The van der Waals surface area contributed by atoms with E-state index in [4.69, 9.17) is 0 Å². The summed E-state index contributed by atoms with van der Waals surface area (Å²) in [5, 5.41) is 11.5. The molecule has 0 aromatic carbocycles. The number of hydrogen-bond donors (Lipinski definition) is 0. The van der Waals surface area contributed by atoms with Gasteiger partial charge in [0.25, 0.3) is 0 Å². The summed E-state index contributed by atoms with van der Waals surface area (Å²) in [5.41, 5.74) is 0.0989. The lowest BCUT2D eigenvalue weighted by atomic mass is 10.5. The van der Waals surface area contributed by atoms with Crippen LogP contribution in [0, 0.1) is 0 Å². The summed E-state index contributed by atoms with van der Waals surface area (Å²) in [6, 6.07) is 0. The molecule has 0 aliphatic heterocycles. The maximum atomic E-state index is 10.8. The lowest BCUT2D eigenvalue weighted by molar-refractivity contribution is 0.0519. The van der Waals surface area contributed by atoms with Crippen LogP contribution in [0.2, 0.25) is 0 Å². The lowest BCUT2D eigenvalue weighted by Crippen LogP contribution is -2.04. The Morgan fingerprint density at radius 3 is 3.00 bits per heavy atom. The Kier molecular flexibility index (Phi) is 2.43. The summed E-state index contributed by atoms with van der Waals surface area (Å²) >= 11 is 0.891. The van der Waals surface area contributed by atoms with Crippen molar-refractivity contribution in [3.8, 4) is 5.19 Å². The Balaban J connectivity index is 2.69. The van der Waals surface area contributed by atoms with E-state index < -0.39 is 5.97 Å². The number of ether oxygens (including phenoxy) is 1. The molecule has 0 saturated heterocycles. The molecule has 5 heteroatoms. The largest absolute Gasteiger partial charge is 0.461 e.